The topological polar surface area (TPSA) is 63.7 Å². The minimum atomic E-state index is -0.103. The zero-order chi connectivity index (χ0) is 17.5. The first-order chi connectivity index (χ1) is 11.5. The highest BCUT2D eigenvalue weighted by Crippen LogP contribution is 2.19. The largest absolute Gasteiger partial charge is 0.497 e. The molecule has 0 fully saturated rings. The molecule has 130 valence electrons. The van der Waals surface area contributed by atoms with Gasteiger partial charge in [0.05, 0.1) is 19.3 Å². The number of methoxy groups -OCH3 is 1. The lowest BCUT2D eigenvalue weighted by molar-refractivity contribution is 0.0950. The van der Waals surface area contributed by atoms with Gasteiger partial charge in [0, 0.05) is 6.54 Å². The van der Waals surface area contributed by atoms with Crippen LogP contribution in [0.4, 0.5) is 0 Å². The highest BCUT2D eigenvalue weighted by molar-refractivity contribution is 7.13. The Morgan fingerprint density at radius 3 is 2.54 bits per heavy atom. The lowest BCUT2D eigenvalue weighted by Gasteiger charge is -2.08. The molecular weight excluding hydrogens is 326 g/mol. The van der Waals surface area contributed by atoms with E-state index in [0.717, 1.165) is 28.7 Å². The summed E-state index contributed by atoms with van der Waals surface area (Å²) in [4.78, 5) is 19.4. The Morgan fingerprint density at radius 1 is 1.25 bits per heavy atom. The van der Waals surface area contributed by atoms with Crippen LogP contribution in [0.25, 0.3) is 0 Å². The molecule has 0 saturated carbocycles. The average molecular weight is 349 g/mol. The monoisotopic (exact) mass is 349 g/mol. The summed E-state index contributed by atoms with van der Waals surface area (Å²) in [7, 11) is 5.58. The van der Waals surface area contributed by atoms with Gasteiger partial charge in [0.1, 0.15) is 28.0 Å². The number of nitrogens with one attached hydrogen (secondary N) is 1. The third-order valence-corrected chi connectivity index (χ3v) is 4.36. The molecule has 1 N–H and O–H groups in total. The van der Waals surface area contributed by atoms with Crippen molar-refractivity contribution in [2.45, 2.75) is 13.5 Å². The Kier molecular flexibility index (Phi) is 6.57. The van der Waals surface area contributed by atoms with Gasteiger partial charge in [-0.15, -0.1) is 11.3 Å². The molecule has 24 heavy (non-hydrogen) atoms. The Morgan fingerprint density at radius 2 is 1.92 bits per heavy atom. The van der Waals surface area contributed by atoms with Crippen LogP contribution in [0.3, 0.4) is 0 Å². The van der Waals surface area contributed by atoms with Crippen LogP contribution in [0.5, 0.6) is 11.5 Å². The third kappa shape index (κ3) is 5.21. The zero-order valence-electron chi connectivity index (χ0n) is 14.5. The Hall–Kier alpha value is -2.12. The van der Waals surface area contributed by atoms with Crippen LogP contribution in [0.15, 0.2) is 24.3 Å². The summed E-state index contributed by atoms with van der Waals surface area (Å²) in [6.07, 6.45) is 0. The number of amides is 1. The summed E-state index contributed by atoms with van der Waals surface area (Å²) < 4.78 is 10.7. The van der Waals surface area contributed by atoms with Crippen LogP contribution in [0.2, 0.25) is 0 Å². The first kappa shape index (κ1) is 18.2. The molecule has 2 aromatic rings. The molecule has 1 aromatic heterocycles. The molecule has 2 rings (SSSR count). The molecule has 0 spiro atoms. The number of ether oxygens (including phenoxy) is 2. The maximum Gasteiger partial charge on any atom is 0.263 e. The molecule has 0 aliphatic carbocycles. The second-order valence-corrected chi connectivity index (χ2v) is 6.62. The van der Waals surface area contributed by atoms with E-state index in [1.165, 1.54) is 11.3 Å². The molecule has 7 heteroatoms. The van der Waals surface area contributed by atoms with Crippen LogP contribution in [0.1, 0.15) is 20.4 Å². The molecule has 0 aliphatic heterocycles. The van der Waals surface area contributed by atoms with Gasteiger partial charge in [0.2, 0.25) is 0 Å². The van der Waals surface area contributed by atoms with Crippen molar-refractivity contribution in [1.82, 2.24) is 15.2 Å². The van der Waals surface area contributed by atoms with E-state index >= 15 is 0 Å². The van der Waals surface area contributed by atoms with Gasteiger partial charge in [-0.3, -0.25) is 4.79 Å². The van der Waals surface area contributed by atoms with Gasteiger partial charge in [0.25, 0.3) is 5.91 Å². The highest BCUT2D eigenvalue weighted by Gasteiger charge is 2.15. The van der Waals surface area contributed by atoms with Crippen molar-refractivity contribution in [2.75, 3.05) is 34.4 Å². The van der Waals surface area contributed by atoms with Gasteiger partial charge in [-0.1, -0.05) is 0 Å². The number of hydrogen-bond donors (Lipinski definition) is 1. The summed E-state index contributed by atoms with van der Waals surface area (Å²) in [5.74, 6) is 1.42. The van der Waals surface area contributed by atoms with Crippen molar-refractivity contribution in [3.05, 3.63) is 39.8 Å². The van der Waals surface area contributed by atoms with Crippen LogP contribution in [-0.2, 0) is 6.54 Å². The Balaban J connectivity index is 1.79. The van der Waals surface area contributed by atoms with Crippen molar-refractivity contribution in [1.29, 1.82) is 0 Å². The molecule has 0 radical (unpaired) electrons. The number of aryl methyl sites for hydroxylation is 1. The number of aromatic nitrogens is 1. The first-order valence-corrected chi connectivity index (χ1v) is 8.47. The average Bonchev–Trinajstić information content (AvgIpc) is 2.91. The quantitative estimate of drug-likeness (QED) is 0.741. The summed E-state index contributed by atoms with van der Waals surface area (Å²) in [6.45, 7) is 3.43. The Labute approximate surface area is 146 Å². The zero-order valence-corrected chi connectivity index (χ0v) is 15.3. The predicted molar refractivity (Wildman–Crippen MR) is 95.1 cm³/mol. The number of thiazole rings is 1. The second-order valence-electron chi connectivity index (χ2n) is 5.54. The smallest absolute Gasteiger partial charge is 0.263 e. The van der Waals surface area contributed by atoms with Gasteiger partial charge < -0.3 is 19.7 Å². The van der Waals surface area contributed by atoms with E-state index in [-0.39, 0.29) is 5.91 Å². The predicted octanol–water partition coefficient (Wildman–Crippen LogP) is 2.33. The third-order valence-electron chi connectivity index (χ3n) is 3.21. The number of hydrogen-bond acceptors (Lipinski definition) is 6. The lowest BCUT2D eigenvalue weighted by atomic mass is 10.3. The number of nitrogens with zero attached hydrogens (tertiary/aromatic N) is 2. The van der Waals surface area contributed by atoms with Crippen LogP contribution in [-0.4, -0.2) is 50.1 Å². The molecule has 6 nitrogen and oxygen atoms in total. The molecule has 1 amide bonds. The molecular formula is C17H23N3O3S. The molecule has 1 aromatic carbocycles. The first-order valence-electron chi connectivity index (χ1n) is 7.65. The van der Waals surface area contributed by atoms with E-state index in [9.17, 15) is 4.79 Å². The fourth-order valence-corrected chi connectivity index (χ4v) is 3.19. The van der Waals surface area contributed by atoms with Crippen molar-refractivity contribution >= 4 is 17.2 Å². The standard InChI is InChI=1S/C17H23N3O3S/c1-12-16(24-15(19-12)11-20(2)3)17(21)18-9-10-23-14-7-5-13(22-4)6-8-14/h5-8H,9-11H2,1-4H3,(H,18,21). The number of rotatable bonds is 8. The molecule has 0 unspecified atom stereocenters. The maximum absolute atomic E-state index is 12.2. The summed E-state index contributed by atoms with van der Waals surface area (Å²) in [5, 5.41) is 3.81. The van der Waals surface area contributed by atoms with Gasteiger partial charge in [-0.05, 0) is 45.3 Å². The minimum absolute atomic E-state index is 0.103. The van der Waals surface area contributed by atoms with E-state index in [1.54, 1.807) is 7.11 Å². The SMILES string of the molecule is COc1ccc(OCCNC(=O)c2sc(CN(C)C)nc2C)cc1. The second kappa shape index (κ2) is 8.65. The normalized spacial score (nSPS) is 10.7. The summed E-state index contributed by atoms with van der Waals surface area (Å²) >= 11 is 1.43. The van der Waals surface area contributed by atoms with Crippen molar-refractivity contribution < 1.29 is 14.3 Å². The van der Waals surface area contributed by atoms with Crippen molar-refractivity contribution in [2.24, 2.45) is 0 Å². The lowest BCUT2D eigenvalue weighted by Crippen LogP contribution is -2.27. The van der Waals surface area contributed by atoms with Crippen LogP contribution < -0.4 is 14.8 Å². The van der Waals surface area contributed by atoms with Crippen molar-refractivity contribution in [3.8, 4) is 11.5 Å². The van der Waals surface area contributed by atoms with Crippen LogP contribution in [0, 0.1) is 6.92 Å². The number of carbonyl (C=O) groups excluding carboxylic acids is 1. The minimum Gasteiger partial charge on any atom is -0.497 e. The van der Waals surface area contributed by atoms with E-state index < -0.39 is 0 Å². The molecule has 0 saturated heterocycles. The van der Waals surface area contributed by atoms with E-state index in [2.05, 4.69) is 10.3 Å². The highest BCUT2D eigenvalue weighted by atomic mass is 32.1. The summed E-state index contributed by atoms with van der Waals surface area (Å²) in [5.41, 5.74) is 0.769. The fraction of sp³-hybridized carbons (Fsp3) is 0.412. The van der Waals surface area contributed by atoms with E-state index in [0.29, 0.717) is 18.0 Å². The number of carbonyl (C=O) groups is 1. The Bertz CT molecular complexity index is 668. The fourth-order valence-electron chi connectivity index (χ4n) is 2.09. The van der Waals surface area contributed by atoms with Gasteiger partial charge >= 0.3 is 0 Å². The molecule has 1 heterocycles. The van der Waals surface area contributed by atoms with Gasteiger partial charge in [-0.2, -0.15) is 0 Å². The number of benzene rings is 1. The van der Waals surface area contributed by atoms with Crippen LogP contribution >= 0.6 is 11.3 Å². The van der Waals surface area contributed by atoms with Gasteiger partial charge in [-0.25, -0.2) is 4.98 Å². The molecule has 0 aliphatic rings. The maximum atomic E-state index is 12.2. The summed E-state index contributed by atoms with van der Waals surface area (Å²) in [6, 6.07) is 7.34. The molecule has 0 bridgehead atoms. The van der Waals surface area contributed by atoms with E-state index in [4.69, 9.17) is 9.47 Å². The van der Waals surface area contributed by atoms with Gasteiger partial charge in [0.15, 0.2) is 0 Å². The van der Waals surface area contributed by atoms with E-state index in [1.807, 2.05) is 50.2 Å². The van der Waals surface area contributed by atoms with Crippen molar-refractivity contribution in [3.63, 3.8) is 0 Å². The molecule has 0 atom stereocenters.